The molecular formula is C27H27IN4O5. The van der Waals surface area contributed by atoms with Crippen molar-refractivity contribution < 1.29 is 23.9 Å². The molecule has 3 rings (SSSR count). The van der Waals surface area contributed by atoms with Crippen LogP contribution in [-0.4, -0.2) is 37.7 Å². The van der Waals surface area contributed by atoms with Crippen molar-refractivity contribution in [2.45, 2.75) is 20.4 Å². The summed E-state index contributed by atoms with van der Waals surface area (Å²) >= 11 is 2.06. The SMILES string of the molecule is COc1cc(/C=N/NC(=O)C(=O)NCc2ccccc2)cc(I)c1OCC(=O)Nc1ccc(C)c(C)c1. The van der Waals surface area contributed by atoms with Crippen molar-refractivity contribution >= 4 is 52.2 Å². The van der Waals surface area contributed by atoms with E-state index < -0.39 is 11.8 Å². The fraction of sp³-hybridized carbons (Fsp3) is 0.185. The van der Waals surface area contributed by atoms with Crippen molar-refractivity contribution in [3.8, 4) is 11.5 Å². The average molecular weight is 614 g/mol. The molecule has 192 valence electrons. The maximum Gasteiger partial charge on any atom is 0.329 e. The van der Waals surface area contributed by atoms with Gasteiger partial charge in [-0.05, 0) is 83.0 Å². The molecule has 0 radical (unpaired) electrons. The molecule has 3 aromatic rings. The number of methoxy groups -OCH3 is 1. The largest absolute Gasteiger partial charge is 0.493 e. The third kappa shape index (κ3) is 8.31. The highest BCUT2D eigenvalue weighted by molar-refractivity contribution is 14.1. The quantitative estimate of drug-likeness (QED) is 0.147. The molecule has 0 fully saturated rings. The van der Waals surface area contributed by atoms with E-state index in [2.05, 4.69) is 43.8 Å². The summed E-state index contributed by atoms with van der Waals surface area (Å²) in [4.78, 5) is 36.3. The standard InChI is InChI=1S/C27H27IN4O5/c1-17-9-10-21(11-18(17)2)31-24(33)16-37-25-22(28)12-20(13-23(25)36-3)15-30-32-27(35)26(34)29-14-19-7-5-4-6-8-19/h4-13,15H,14,16H2,1-3H3,(H,29,34)(H,31,33)(H,32,35)/b30-15+. The summed E-state index contributed by atoms with van der Waals surface area (Å²) in [6, 6.07) is 18.3. The number of ether oxygens (including phenoxy) is 2. The molecule has 3 aromatic carbocycles. The minimum atomic E-state index is -0.886. The zero-order valence-electron chi connectivity index (χ0n) is 20.6. The van der Waals surface area contributed by atoms with Gasteiger partial charge in [-0.2, -0.15) is 5.10 Å². The molecular weight excluding hydrogens is 587 g/mol. The molecule has 0 spiro atoms. The molecule has 0 aliphatic heterocycles. The van der Waals surface area contributed by atoms with E-state index in [1.807, 2.05) is 62.4 Å². The van der Waals surface area contributed by atoms with Crippen molar-refractivity contribution in [2.75, 3.05) is 19.0 Å². The summed E-state index contributed by atoms with van der Waals surface area (Å²) < 4.78 is 11.8. The number of carbonyl (C=O) groups is 3. The van der Waals surface area contributed by atoms with Gasteiger partial charge in [-0.15, -0.1) is 0 Å². The number of hydrazone groups is 1. The molecule has 0 aliphatic carbocycles. The molecule has 0 aromatic heterocycles. The molecule has 0 heterocycles. The lowest BCUT2D eigenvalue weighted by Gasteiger charge is -2.14. The summed E-state index contributed by atoms with van der Waals surface area (Å²) in [6.07, 6.45) is 1.38. The molecule has 3 N–H and O–H groups in total. The van der Waals surface area contributed by atoms with Crippen LogP contribution in [0.4, 0.5) is 5.69 Å². The number of aryl methyl sites for hydroxylation is 2. The number of nitrogens with one attached hydrogen (secondary N) is 3. The second-order valence-electron chi connectivity index (χ2n) is 8.04. The van der Waals surface area contributed by atoms with Crippen molar-refractivity contribution in [3.63, 3.8) is 0 Å². The van der Waals surface area contributed by atoms with E-state index in [9.17, 15) is 14.4 Å². The van der Waals surface area contributed by atoms with Crippen LogP contribution in [0.25, 0.3) is 0 Å². The van der Waals surface area contributed by atoms with Crippen LogP contribution in [0.15, 0.2) is 65.8 Å². The first-order valence-electron chi connectivity index (χ1n) is 11.3. The van der Waals surface area contributed by atoms with Gasteiger partial charge in [0.15, 0.2) is 18.1 Å². The number of benzene rings is 3. The monoisotopic (exact) mass is 614 g/mol. The van der Waals surface area contributed by atoms with Crippen molar-refractivity contribution in [1.29, 1.82) is 0 Å². The lowest BCUT2D eigenvalue weighted by atomic mass is 10.1. The highest BCUT2D eigenvalue weighted by Gasteiger charge is 2.15. The predicted octanol–water partition coefficient (Wildman–Crippen LogP) is 3.70. The Bertz CT molecular complexity index is 1310. The summed E-state index contributed by atoms with van der Waals surface area (Å²) in [5.41, 5.74) is 6.59. The van der Waals surface area contributed by atoms with Gasteiger partial charge in [-0.3, -0.25) is 14.4 Å². The first kappa shape index (κ1) is 27.7. The fourth-order valence-electron chi connectivity index (χ4n) is 3.18. The number of anilines is 1. The third-order valence-electron chi connectivity index (χ3n) is 5.27. The van der Waals surface area contributed by atoms with Crippen molar-refractivity contribution in [3.05, 3.63) is 86.5 Å². The van der Waals surface area contributed by atoms with E-state index in [1.54, 1.807) is 12.1 Å². The minimum Gasteiger partial charge on any atom is -0.493 e. The van der Waals surface area contributed by atoms with Crippen LogP contribution in [0.1, 0.15) is 22.3 Å². The van der Waals surface area contributed by atoms with E-state index in [4.69, 9.17) is 9.47 Å². The van der Waals surface area contributed by atoms with Gasteiger partial charge in [0.25, 0.3) is 5.91 Å². The Balaban J connectivity index is 1.55. The van der Waals surface area contributed by atoms with Gasteiger partial charge in [-0.25, -0.2) is 5.43 Å². The Hall–Kier alpha value is -3.93. The van der Waals surface area contributed by atoms with Crippen LogP contribution < -0.4 is 25.5 Å². The van der Waals surface area contributed by atoms with Crippen molar-refractivity contribution in [2.24, 2.45) is 5.10 Å². The van der Waals surface area contributed by atoms with E-state index >= 15 is 0 Å². The molecule has 9 nitrogen and oxygen atoms in total. The zero-order valence-corrected chi connectivity index (χ0v) is 22.8. The Labute approximate surface area is 228 Å². The van der Waals surface area contributed by atoms with Crippen LogP contribution >= 0.6 is 22.6 Å². The number of amides is 3. The second-order valence-corrected chi connectivity index (χ2v) is 9.20. The maximum atomic E-state index is 12.4. The molecule has 10 heteroatoms. The number of hydrogen-bond acceptors (Lipinski definition) is 6. The van der Waals surface area contributed by atoms with E-state index in [0.29, 0.717) is 26.3 Å². The third-order valence-corrected chi connectivity index (χ3v) is 6.07. The molecule has 0 aliphatic rings. The van der Waals surface area contributed by atoms with E-state index in [1.165, 1.54) is 13.3 Å². The number of rotatable bonds is 9. The summed E-state index contributed by atoms with van der Waals surface area (Å²) in [5.74, 6) is -1.20. The molecule has 37 heavy (non-hydrogen) atoms. The highest BCUT2D eigenvalue weighted by atomic mass is 127. The fourth-order valence-corrected chi connectivity index (χ4v) is 3.96. The number of halogens is 1. The highest BCUT2D eigenvalue weighted by Crippen LogP contribution is 2.33. The normalized spacial score (nSPS) is 10.6. The van der Waals surface area contributed by atoms with E-state index in [-0.39, 0.29) is 19.1 Å². The number of carbonyl (C=O) groups excluding carboxylic acids is 3. The first-order chi connectivity index (χ1) is 17.8. The van der Waals surface area contributed by atoms with Gasteiger partial charge in [0.05, 0.1) is 16.9 Å². The van der Waals surface area contributed by atoms with E-state index in [0.717, 1.165) is 16.7 Å². The average Bonchev–Trinajstić information content (AvgIpc) is 2.89. The van der Waals surface area contributed by atoms with Gasteiger partial charge in [0.1, 0.15) is 0 Å². The molecule has 3 amide bonds. The Morgan fingerprint density at radius 1 is 0.973 bits per heavy atom. The molecule has 0 saturated heterocycles. The topological polar surface area (TPSA) is 118 Å². The lowest BCUT2D eigenvalue weighted by Crippen LogP contribution is -2.37. The molecule has 0 saturated carbocycles. The number of nitrogens with zero attached hydrogens (tertiary/aromatic N) is 1. The molecule has 0 atom stereocenters. The summed E-state index contributed by atoms with van der Waals surface area (Å²) in [7, 11) is 1.48. The van der Waals surface area contributed by atoms with Crippen LogP contribution in [0.2, 0.25) is 0 Å². The van der Waals surface area contributed by atoms with Crippen LogP contribution in [0.3, 0.4) is 0 Å². The smallest absolute Gasteiger partial charge is 0.329 e. The Morgan fingerprint density at radius 3 is 2.43 bits per heavy atom. The van der Waals surface area contributed by atoms with Crippen molar-refractivity contribution in [1.82, 2.24) is 10.7 Å². The van der Waals surface area contributed by atoms with Gasteiger partial charge < -0.3 is 20.1 Å². The van der Waals surface area contributed by atoms with Crippen LogP contribution in [0.5, 0.6) is 11.5 Å². The second kappa shape index (κ2) is 13.4. The first-order valence-corrected chi connectivity index (χ1v) is 12.4. The predicted molar refractivity (Wildman–Crippen MR) is 150 cm³/mol. The van der Waals surface area contributed by atoms with Gasteiger partial charge >= 0.3 is 11.8 Å². The van der Waals surface area contributed by atoms with Gasteiger partial charge in [0.2, 0.25) is 0 Å². The summed E-state index contributed by atoms with van der Waals surface area (Å²) in [6.45, 7) is 4.01. The number of hydrogen-bond donors (Lipinski definition) is 3. The minimum absolute atomic E-state index is 0.207. The van der Waals surface area contributed by atoms with Gasteiger partial charge in [-0.1, -0.05) is 36.4 Å². The summed E-state index contributed by atoms with van der Waals surface area (Å²) in [5, 5.41) is 9.19. The Morgan fingerprint density at radius 2 is 1.73 bits per heavy atom. The lowest BCUT2D eigenvalue weighted by molar-refractivity contribution is -0.139. The van der Waals surface area contributed by atoms with Crippen LogP contribution in [-0.2, 0) is 20.9 Å². The Kier molecular flexibility index (Phi) is 10.0. The van der Waals surface area contributed by atoms with Crippen LogP contribution in [0, 0.1) is 17.4 Å². The van der Waals surface area contributed by atoms with Gasteiger partial charge in [0, 0.05) is 12.2 Å². The zero-order chi connectivity index (χ0) is 26.8. The molecule has 0 bridgehead atoms. The maximum absolute atomic E-state index is 12.4. The molecule has 0 unspecified atom stereocenters.